The molecule has 1 saturated heterocycles. The predicted molar refractivity (Wildman–Crippen MR) is 48.2 cm³/mol. The molecule has 3 rings (SSSR count). The number of hydrogen-bond donors (Lipinski definition) is 1. The van der Waals surface area contributed by atoms with E-state index >= 15 is 0 Å². The molecule has 2 aliphatic heterocycles. The monoisotopic (exact) mass is 176 g/mol. The number of hydrogen-bond acceptors (Lipinski definition) is 1. The van der Waals surface area contributed by atoms with Crippen LogP contribution in [0.5, 0.6) is 0 Å². The summed E-state index contributed by atoms with van der Waals surface area (Å²) in [5, 5.41) is 0. The molecule has 0 spiro atoms. The highest BCUT2D eigenvalue weighted by Gasteiger charge is 2.36. The predicted octanol–water partition coefficient (Wildman–Crippen LogP) is 1.23. The van der Waals surface area contributed by atoms with E-state index in [-0.39, 0.29) is 0 Å². The fraction of sp³-hybridized carbons (Fsp3) is 0.500. The number of nitrogens with one attached hydrogen (secondary N) is 1. The zero-order valence-corrected chi connectivity index (χ0v) is 7.42. The van der Waals surface area contributed by atoms with Crippen molar-refractivity contribution in [3.8, 4) is 0 Å². The smallest absolute Gasteiger partial charge is 0.223 e. The zero-order valence-electron chi connectivity index (χ0n) is 7.42. The van der Waals surface area contributed by atoms with Gasteiger partial charge in [-0.05, 0) is 24.0 Å². The Kier molecular flexibility index (Phi) is 1.31. The lowest BCUT2D eigenvalue weighted by Gasteiger charge is -2.29. The van der Waals surface area contributed by atoms with Gasteiger partial charge in [-0.15, -0.1) is 0 Å². The van der Waals surface area contributed by atoms with E-state index in [0.29, 0.717) is 11.9 Å². The van der Waals surface area contributed by atoms with E-state index in [0.717, 1.165) is 25.8 Å². The molecule has 3 heteroatoms. The minimum atomic E-state index is 0.330. The van der Waals surface area contributed by atoms with Gasteiger partial charge in [0.25, 0.3) is 0 Å². The molecular formula is C10H12N2O. The topological polar surface area (TPSA) is 36.1 Å². The van der Waals surface area contributed by atoms with Crippen molar-refractivity contribution >= 4 is 5.91 Å². The maximum Gasteiger partial charge on any atom is 0.223 e. The fourth-order valence-electron chi connectivity index (χ4n) is 2.51. The Balaban J connectivity index is 2.05. The van der Waals surface area contributed by atoms with Gasteiger partial charge in [0.15, 0.2) is 0 Å². The summed E-state index contributed by atoms with van der Waals surface area (Å²) >= 11 is 0. The average molecular weight is 176 g/mol. The molecule has 3 heterocycles. The SMILES string of the molecule is O=C1CCC2c3c[nH]cc3CCN12. The Morgan fingerprint density at radius 3 is 3.23 bits per heavy atom. The molecule has 0 radical (unpaired) electrons. The van der Waals surface area contributed by atoms with Crippen LogP contribution in [0.1, 0.15) is 30.0 Å². The van der Waals surface area contributed by atoms with Gasteiger partial charge in [0.2, 0.25) is 5.91 Å². The van der Waals surface area contributed by atoms with Gasteiger partial charge >= 0.3 is 0 Å². The van der Waals surface area contributed by atoms with Crippen LogP contribution in [0.2, 0.25) is 0 Å². The summed E-state index contributed by atoms with van der Waals surface area (Å²) in [5.41, 5.74) is 2.74. The first-order valence-corrected chi connectivity index (χ1v) is 4.81. The van der Waals surface area contributed by atoms with Gasteiger partial charge in [0.1, 0.15) is 0 Å². The Bertz CT molecular complexity index is 356. The molecule has 0 bridgehead atoms. The van der Waals surface area contributed by atoms with E-state index in [2.05, 4.69) is 11.2 Å². The highest BCUT2D eigenvalue weighted by Crippen LogP contribution is 2.37. The quantitative estimate of drug-likeness (QED) is 0.634. The molecular weight excluding hydrogens is 164 g/mol. The molecule has 1 fully saturated rings. The second-order valence-electron chi connectivity index (χ2n) is 3.83. The summed E-state index contributed by atoms with van der Waals surface area (Å²) in [5.74, 6) is 0.330. The maximum absolute atomic E-state index is 11.5. The molecule has 0 aliphatic carbocycles. The summed E-state index contributed by atoms with van der Waals surface area (Å²) in [7, 11) is 0. The van der Waals surface area contributed by atoms with Crippen molar-refractivity contribution in [1.82, 2.24) is 9.88 Å². The molecule has 1 aromatic heterocycles. The van der Waals surface area contributed by atoms with Gasteiger partial charge in [-0.1, -0.05) is 0 Å². The van der Waals surface area contributed by atoms with Gasteiger partial charge in [0, 0.05) is 25.4 Å². The van der Waals surface area contributed by atoms with Crippen molar-refractivity contribution < 1.29 is 4.79 Å². The third-order valence-corrected chi connectivity index (χ3v) is 3.18. The van der Waals surface area contributed by atoms with Crippen LogP contribution in [-0.4, -0.2) is 22.3 Å². The highest BCUT2D eigenvalue weighted by atomic mass is 16.2. The van der Waals surface area contributed by atoms with Crippen LogP contribution in [-0.2, 0) is 11.2 Å². The van der Waals surface area contributed by atoms with E-state index in [9.17, 15) is 4.79 Å². The molecule has 0 saturated carbocycles. The largest absolute Gasteiger partial charge is 0.367 e. The molecule has 13 heavy (non-hydrogen) atoms. The lowest BCUT2D eigenvalue weighted by Crippen LogP contribution is -2.33. The van der Waals surface area contributed by atoms with Crippen molar-refractivity contribution in [2.75, 3.05) is 6.54 Å². The van der Waals surface area contributed by atoms with E-state index in [4.69, 9.17) is 0 Å². The van der Waals surface area contributed by atoms with Crippen LogP contribution in [0.25, 0.3) is 0 Å². The number of aromatic nitrogens is 1. The lowest BCUT2D eigenvalue weighted by molar-refractivity contribution is -0.129. The molecule has 1 aromatic rings. The number of nitrogens with zero attached hydrogens (tertiary/aromatic N) is 1. The van der Waals surface area contributed by atoms with Gasteiger partial charge in [-0.3, -0.25) is 4.79 Å². The van der Waals surface area contributed by atoms with Crippen LogP contribution in [0, 0.1) is 0 Å². The third kappa shape index (κ3) is 0.870. The fourth-order valence-corrected chi connectivity index (χ4v) is 2.51. The van der Waals surface area contributed by atoms with Gasteiger partial charge in [0.05, 0.1) is 6.04 Å². The van der Waals surface area contributed by atoms with Crippen LogP contribution >= 0.6 is 0 Å². The van der Waals surface area contributed by atoms with Crippen molar-refractivity contribution in [2.24, 2.45) is 0 Å². The Labute approximate surface area is 76.7 Å². The van der Waals surface area contributed by atoms with Gasteiger partial charge < -0.3 is 9.88 Å². The molecule has 1 N–H and O–H groups in total. The number of aromatic amines is 1. The summed E-state index contributed by atoms with van der Waals surface area (Å²) in [6, 6.07) is 0.377. The van der Waals surface area contributed by atoms with Crippen molar-refractivity contribution in [3.63, 3.8) is 0 Å². The van der Waals surface area contributed by atoms with Crippen molar-refractivity contribution in [1.29, 1.82) is 0 Å². The maximum atomic E-state index is 11.5. The number of carbonyl (C=O) groups excluding carboxylic acids is 1. The number of fused-ring (bicyclic) bond motifs is 3. The minimum absolute atomic E-state index is 0.330. The minimum Gasteiger partial charge on any atom is -0.367 e. The van der Waals surface area contributed by atoms with E-state index in [1.807, 2.05) is 11.1 Å². The highest BCUT2D eigenvalue weighted by molar-refractivity contribution is 5.79. The summed E-state index contributed by atoms with van der Waals surface area (Å²) in [6.45, 7) is 0.911. The Hall–Kier alpha value is -1.25. The summed E-state index contributed by atoms with van der Waals surface area (Å²) in [4.78, 5) is 16.6. The average Bonchev–Trinajstić information content (AvgIpc) is 2.70. The number of H-pyrrole nitrogens is 1. The third-order valence-electron chi connectivity index (χ3n) is 3.18. The van der Waals surface area contributed by atoms with Crippen LogP contribution in [0.3, 0.4) is 0 Å². The molecule has 2 aliphatic rings. The number of amides is 1. The van der Waals surface area contributed by atoms with E-state index in [1.165, 1.54) is 11.1 Å². The first-order valence-electron chi connectivity index (χ1n) is 4.81. The molecule has 3 nitrogen and oxygen atoms in total. The van der Waals surface area contributed by atoms with Crippen LogP contribution in [0.15, 0.2) is 12.4 Å². The second-order valence-corrected chi connectivity index (χ2v) is 3.83. The van der Waals surface area contributed by atoms with Crippen molar-refractivity contribution in [2.45, 2.75) is 25.3 Å². The van der Waals surface area contributed by atoms with Crippen molar-refractivity contribution in [3.05, 3.63) is 23.5 Å². The Morgan fingerprint density at radius 1 is 1.38 bits per heavy atom. The van der Waals surface area contributed by atoms with E-state index < -0.39 is 0 Å². The standard InChI is InChI=1S/C10H12N2O/c13-10-2-1-9-8-6-11-5-7(8)3-4-12(9)10/h5-6,9,11H,1-4H2. The van der Waals surface area contributed by atoms with Gasteiger partial charge in [-0.2, -0.15) is 0 Å². The molecule has 0 aromatic carbocycles. The normalized spacial score (nSPS) is 26.0. The lowest BCUT2D eigenvalue weighted by atomic mass is 9.97. The molecule has 68 valence electrons. The van der Waals surface area contributed by atoms with Gasteiger partial charge in [-0.25, -0.2) is 0 Å². The first kappa shape index (κ1) is 7.18. The zero-order chi connectivity index (χ0) is 8.84. The number of rotatable bonds is 0. The van der Waals surface area contributed by atoms with Crippen LogP contribution < -0.4 is 0 Å². The van der Waals surface area contributed by atoms with E-state index in [1.54, 1.807) is 0 Å². The molecule has 1 amide bonds. The molecule has 1 atom stereocenters. The second kappa shape index (κ2) is 2.37. The summed E-state index contributed by atoms with van der Waals surface area (Å²) < 4.78 is 0. The molecule has 1 unspecified atom stereocenters. The summed E-state index contributed by atoms with van der Waals surface area (Å²) in [6.07, 6.45) is 6.86. The number of carbonyl (C=O) groups is 1. The Morgan fingerprint density at radius 2 is 2.31 bits per heavy atom. The first-order chi connectivity index (χ1) is 6.36. The van der Waals surface area contributed by atoms with Crippen LogP contribution in [0.4, 0.5) is 0 Å².